The molecule has 4 heterocycles. The highest BCUT2D eigenvalue weighted by Gasteiger charge is 2.53. The van der Waals surface area contributed by atoms with Gasteiger partial charge in [-0.05, 0) is 114 Å². The van der Waals surface area contributed by atoms with Gasteiger partial charge < -0.3 is 68.7 Å². The molecule has 0 amide bonds. The van der Waals surface area contributed by atoms with Gasteiger partial charge in [0.2, 0.25) is 0 Å². The minimum Gasteiger partial charge on any atom is -0.459 e. The largest absolute Gasteiger partial charge is 0.459 e. The third kappa shape index (κ3) is 14.8. The van der Waals surface area contributed by atoms with E-state index in [0.717, 1.165) is 11.3 Å². The Morgan fingerprint density at radius 2 is 1.63 bits per heavy atom. The van der Waals surface area contributed by atoms with Gasteiger partial charge in [0, 0.05) is 75.9 Å². The number of benzene rings is 1. The number of rotatable bonds is 16. The summed E-state index contributed by atoms with van der Waals surface area (Å²) in [4.78, 5) is 31.4. The van der Waals surface area contributed by atoms with Gasteiger partial charge in [0.1, 0.15) is 30.0 Å². The predicted molar refractivity (Wildman–Crippen MR) is 271 cm³/mol. The number of cyclic esters (lactones) is 1. The Balaban J connectivity index is 1.44. The molecule has 3 aliphatic heterocycles. The molecule has 416 valence electrons. The number of carbonyl (C=O) groups is 1. The summed E-state index contributed by atoms with van der Waals surface area (Å²) in [5.74, 6) is -2.84. The average molecular weight is 1040 g/mol. The first kappa shape index (κ1) is 60.6. The Morgan fingerprint density at radius 3 is 2.23 bits per heavy atom. The van der Waals surface area contributed by atoms with E-state index in [2.05, 4.69) is 15.2 Å². The van der Waals surface area contributed by atoms with E-state index in [4.69, 9.17) is 28.4 Å². The zero-order valence-corrected chi connectivity index (χ0v) is 46.0. The lowest BCUT2D eigenvalue weighted by atomic mass is 9.77. The molecule has 1 aromatic carbocycles. The second-order valence-corrected chi connectivity index (χ2v) is 22.7. The molecule has 0 bridgehead atoms. The molecule has 0 saturated carbocycles. The van der Waals surface area contributed by atoms with Gasteiger partial charge in [0.15, 0.2) is 12.6 Å². The van der Waals surface area contributed by atoms with Crippen LogP contribution >= 0.6 is 0 Å². The van der Waals surface area contributed by atoms with Crippen molar-refractivity contribution in [2.45, 2.75) is 204 Å². The number of aliphatic hydroxyl groups excluding tert-OH is 3. The summed E-state index contributed by atoms with van der Waals surface area (Å²) in [6.45, 7) is 19.0. The minimum atomic E-state index is -1.85. The number of nitro benzene ring substituents is 1. The van der Waals surface area contributed by atoms with Crippen molar-refractivity contribution in [3.8, 4) is 0 Å². The molecule has 21 nitrogen and oxygen atoms in total. The van der Waals surface area contributed by atoms with Crippen LogP contribution in [0.3, 0.4) is 0 Å². The van der Waals surface area contributed by atoms with E-state index in [0.29, 0.717) is 38.9 Å². The van der Waals surface area contributed by atoms with Gasteiger partial charge in [-0.15, -0.1) is 5.10 Å². The average Bonchev–Trinajstić information content (AvgIpc) is 3.80. The van der Waals surface area contributed by atoms with Crippen LogP contribution in [0.5, 0.6) is 0 Å². The van der Waals surface area contributed by atoms with Crippen molar-refractivity contribution in [2.24, 2.45) is 17.8 Å². The number of hydrogen-bond acceptors (Lipinski definition) is 19. The second kappa shape index (κ2) is 25.2. The Kier molecular flexibility index (Phi) is 20.9. The third-order valence-corrected chi connectivity index (χ3v) is 16.0. The lowest BCUT2D eigenvalue weighted by molar-refractivity contribution is -0.384. The van der Waals surface area contributed by atoms with Crippen molar-refractivity contribution >= 4 is 11.7 Å². The second-order valence-electron chi connectivity index (χ2n) is 22.7. The number of ether oxygens (including phenoxy) is 6. The van der Waals surface area contributed by atoms with Crippen molar-refractivity contribution in [1.29, 1.82) is 0 Å². The van der Waals surface area contributed by atoms with Crippen LogP contribution in [-0.2, 0) is 46.1 Å². The van der Waals surface area contributed by atoms with Crippen LogP contribution in [0.25, 0.3) is 0 Å². The number of nitro groups is 1. The van der Waals surface area contributed by atoms with Crippen LogP contribution in [0, 0.1) is 27.9 Å². The number of esters is 1. The molecule has 1 aromatic heterocycles. The molecule has 3 aliphatic rings. The first-order valence-electron chi connectivity index (χ1n) is 26.1. The Morgan fingerprint density at radius 1 is 0.973 bits per heavy atom. The minimum absolute atomic E-state index is 0.0310. The fourth-order valence-electron chi connectivity index (χ4n) is 11.4. The number of hydrogen-bond donors (Lipinski definition) is 5. The Labute approximate surface area is 432 Å². The van der Waals surface area contributed by atoms with Crippen molar-refractivity contribution < 1.29 is 63.7 Å². The molecule has 2 aromatic rings. The molecule has 5 rings (SSSR count). The van der Waals surface area contributed by atoms with Crippen LogP contribution in [0.4, 0.5) is 5.69 Å². The molecule has 21 heteroatoms. The smallest absolute Gasteiger partial charge is 0.311 e. The van der Waals surface area contributed by atoms with Gasteiger partial charge in [0.25, 0.3) is 5.69 Å². The predicted octanol–water partition coefficient (Wildman–Crippen LogP) is 3.36. The highest BCUT2D eigenvalue weighted by atomic mass is 16.7. The Hall–Kier alpha value is -3.29. The molecular formula is C52H89N7O14. The van der Waals surface area contributed by atoms with Gasteiger partial charge in [0.05, 0.1) is 58.2 Å². The van der Waals surface area contributed by atoms with Crippen LogP contribution in [-0.4, -0.2) is 211 Å². The summed E-state index contributed by atoms with van der Waals surface area (Å²) >= 11 is 0. The van der Waals surface area contributed by atoms with E-state index in [-0.39, 0.29) is 43.0 Å². The summed E-state index contributed by atoms with van der Waals surface area (Å²) in [6, 6.07) is 5.40. The summed E-state index contributed by atoms with van der Waals surface area (Å²) < 4.78 is 40.2. The van der Waals surface area contributed by atoms with Gasteiger partial charge in [-0.1, -0.05) is 38.1 Å². The first-order chi connectivity index (χ1) is 34.0. The maximum Gasteiger partial charge on any atom is 0.311 e. The van der Waals surface area contributed by atoms with Crippen molar-refractivity contribution in [3.05, 3.63) is 51.8 Å². The highest BCUT2D eigenvalue weighted by Crippen LogP contribution is 2.40. The molecule has 0 radical (unpaired) electrons. The lowest BCUT2D eigenvalue weighted by Gasteiger charge is -2.49. The fraction of sp³-hybridized carbons (Fsp3) is 0.827. The lowest BCUT2D eigenvalue weighted by Crippen LogP contribution is -2.61. The fourth-order valence-corrected chi connectivity index (χ4v) is 11.4. The number of likely N-dealkylation sites (N-methyl/N-ethyl adjacent to an activating group) is 3. The monoisotopic (exact) mass is 1040 g/mol. The van der Waals surface area contributed by atoms with Gasteiger partial charge in [-0.2, -0.15) is 0 Å². The topological polar surface area (TPSA) is 257 Å². The molecule has 0 unspecified atom stereocenters. The van der Waals surface area contributed by atoms with E-state index in [9.17, 15) is 40.4 Å². The molecule has 0 spiro atoms. The number of non-ortho nitro benzene ring substituents is 1. The van der Waals surface area contributed by atoms with Crippen LogP contribution in [0.15, 0.2) is 30.5 Å². The van der Waals surface area contributed by atoms with Crippen LogP contribution < -0.4 is 0 Å². The molecule has 73 heavy (non-hydrogen) atoms. The van der Waals surface area contributed by atoms with Gasteiger partial charge in [-0.3, -0.25) is 14.9 Å². The first-order valence-corrected chi connectivity index (χ1v) is 26.1. The zero-order chi connectivity index (χ0) is 54.5. The van der Waals surface area contributed by atoms with Crippen molar-refractivity contribution in [3.63, 3.8) is 0 Å². The standard InChI is InChI=1S/C52H89N7O14/c1-16-41-52(10,65)45(61)34(6)57(14)27-30(2)25-50(8,64)47(32(4)44(33(5)48(63)71-41)72-42-26-51(9,68-15)46(62)35(7)70-42)73-49-43(60)40(23-31(3)69-49)56(13)22-21-37-28-58(54-53-37)39(29-55(11)12)24-36-17-19-38(20-18-36)59(66)67/h17-20,28,30-35,39-47,49,60-62,64-65H,16,21-27,29H2,1-15H3/t30-,31-,32+,33-,34-,35+,39+,40+,41-,42+,43-,44+,45-,46+,47-,49+,50-,51-,52-/m1/s1. The number of methoxy groups -OCH3 is 1. The van der Waals surface area contributed by atoms with E-state index < -0.39 is 107 Å². The van der Waals surface area contributed by atoms with Crippen LogP contribution in [0.1, 0.15) is 112 Å². The quantitative estimate of drug-likeness (QED) is 0.0918. The maximum absolute atomic E-state index is 14.5. The van der Waals surface area contributed by atoms with Gasteiger partial charge >= 0.3 is 5.97 Å². The molecule has 3 fully saturated rings. The number of aromatic nitrogens is 3. The highest BCUT2D eigenvalue weighted by molar-refractivity contribution is 5.73. The normalized spacial score (nSPS) is 39.2. The molecule has 3 saturated heterocycles. The SMILES string of the molecule is CC[C@H]1OC(=O)[C@H](C)[C@@H](O[C@H]2C[C@@](C)(OC)[C@@H](O)[C@H](C)O2)[C@H](C)[C@@H](O[C@@H]2O[C@H](C)C[C@H](N(C)CCc3cn([C@@H](Cc4ccc([N+](=O)[O-])cc4)CN(C)C)nn3)[C@H]2O)[C@](C)(O)C[C@@H](C)CN(C)[C@H](C)[C@@H](O)[C@]1(C)O. The maximum atomic E-state index is 14.5. The number of nitrogens with zero attached hydrogens (tertiary/aromatic N) is 7. The van der Waals surface area contributed by atoms with E-state index in [1.807, 2.05) is 69.6 Å². The summed E-state index contributed by atoms with van der Waals surface area (Å²) in [7, 11) is 9.20. The van der Waals surface area contributed by atoms with Crippen LogP contribution in [0.2, 0.25) is 0 Å². The Bertz CT molecular complexity index is 2060. The molecule has 0 aliphatic carbocycles. The van der Waals surface area contributed by atoms with E-state index in [1.165, 1.54) is 26.2 Å². The summed E-state index contributed by atoms with van der Waals surface area (Å²) in [5.41, 5.74) is -2.86. The number of aliphatic hydroxyl groups is 5. The van der Waals surface area contributed by atoms with Crippen molar-refractivity contribution in [2.75, 3.05) is 54.9 Å². The molecular weight excluding hydrogens is 947 g/mol. The molecule has 5 N–H and O–H groups in total. The number of carbonyl (C=O) groups excluding carboxylic acids is 1. The summed E-state index contributed by atoms with van der Waals surface area (Å²) in [6.07, 6.45) is -6.28. The third-order valence-electron chi connectivity index (χ3n) is 16.0. The van der Waals surface area contributed by atoms with Gasteiger partial charge in [-0.25, -0.2) is 4.68 Å². The van der Waals surface area contributed by atoms with Crippen molar-refractivity contribution in [1.82, 2.24) is 29.7 Å². The molecule has 19 atom stereocenters. The van der Waals surface area contributed by atoms with E-state index >= 15 is 0 Å². The summed E-state index contributed by atoms with van der Waals surface area (Å²) in [5, 5.41) is 80.1. The van der Waals surface area contributed by atoms with E-state index in [1.54, 1.807) is 53.7 Å². The zero-order valence-electron chi connectivity index (χ0n) is 46.0.